The van der Waals surface area contributed by atoms with Crippen molar-refractivity contribution in [2.75, 3.05) is 13.1 Å². The number of carboxylic acid groups (broad SMARTS) is 1. The Bertz CT molecular complexity index is 834. The van der Waals surface area contributed by atoms with Crippen LogP contribution in [0.1, 0.15) is 37.7 Å². The minimum absolute atomic E-state index is 0.135. The number of carbonyl (C=O) groups is 5. The van der Waals surface area contributed by atoms with Gasteiger partial charge in [0.05, 0.1) is 6.04 Å². The Morgan fingerprint density at radius 2 is 1.50 bits per heavy atom. The van der Waals surface area contributed by atoms with Crippen LogP contribution < -0.4 is 33.2 Å². The van der Waals surface area contributed by atoms with Gasteiger partial charge >= 0.3 is 5.97 Å². The Morgan fingerprint density at radius 3 is 2.09 bits per heavy atom. The van der Waals surface area contributed by atoms with E-state index in [1.54, 1.807) is 0 Å². The first-order valence-electron chi connectivity index (χ1n) is 11.0. The quantitative estimate of drug-likeness (QED) is 0.133. The molecular weight excluding hydrogens is 444 g/mol. The van der Waals surface area contributed by atoms with Crippen molar-refractivity contribution in [1.82, 2.24) is 16.0 Å². The first kappa shape index (κ1) is 28.5. The van der Waals surface area contributed by atoms with E-state index in [0.717, 1.165) is 5.56 Å². The van der Waals surface area contributed by atoms with Gasteiger partial charge in [-0.1, -0.05) is 30.3 Å². The molecule has 1 rings (SSSR count). The van der Waals surface area contributed by atoms with Crippen molar-refractivity contribution in [3.05, 3.63) is 35.9 Å². The van der Waals surface area contributed by atoms with Crippen LogP contribution in [0.4, 0.5) is 0 Å². The van der Waals surface area contributed by atoms with E-state index in [2.05, 4.69) is 16.0 Å². The van der Waals surface area contributed by atoms with Crippen LogP contribution in [0, 0.1) is 0 Å². The van der Waals surface area contributed by atoms with Gasteiger partial charge in [0, 0.05) is 6.42 Å². The lowest BCUT2D eigenvalue weighted by Gasteiger charge is -2.24. The predicted octanol–water partition coefficient (Wildman–Crippen LogP) is -1.88. The Morgan fingerprint density at radius 1 is 0.882 bits per heavy atom. The molecule has 4 amide bonds. The zero-order valence-corrected chi connectivity index (χ0v) is 19.0. The summed E-state index contributed by atoms with van der Waals surface area (Å²) in [4.78, 5) is 59.8. The lowest BCUT2D eigenvalue weighted by Crippen LogP contribution is -2.56. The number of nitrogens with one attached hydrogen (secondary N) is 3. The number of amides is 4. The standard InChI is InChI=1S/C22H34N6O6/c23-11-5-4-8-16(27-20(32)15(24)12-14-6-2-1-3-7-14)22(34)28-17(9-10-18(25)29)21(33)26-13-19(30)31/h1-3,6-7,15-17H,4-5,8-13,23-24H2,(H2,25,29)(H,26,33)(H,27,32)(H,28,34)(H,30,31). The number of nitrogens with two attached hydrogens (primary N) is 3. The van der Waals surface area contributed by atoms with E-state index in [1.807, 2.05) is 30.3 Å². The zero-order chi connectivity index (χ0) is 25.5. The molecule has 0 aliphatic rings. The number of rotatable bonds is 16. The minimum atomic E-state index is -1.27. The molecule has 12 heteroatoms. The molecule has 3 atom stereocenters. The van der Waals surface area contributed by atoms with Crippen LogP contribution in [-0.4, -0.2) is 65.9 Å². The molecule has 1 aromatic rings. The van der Waals surface area contributed by atoms with Gasteiger partial charge in [-0.3, -0.25) is 24.0 Å². The third kappa shape index (κ3) is 11.4. The molecule has 188 valence electrons. The van der Waals surface area contributed by atoms with Crippen molar-refractivity contribution >= 4 is 29.6 Å². The largest absolute Gasteiger partial charge is 0.480 e. The van der Waals surface area contributed by atoms with E-state index in [0.29, 0.717) is 19.4 Å². The molecule has 10 N–H and O–H groups in total. The number of carbonyl (C=O) groups excluding carboxylic acids is 4. The van der Waals surface area contributed by atoms with E-state index >= 15 is 0 Å². The summed E-state index contributed by atoms with van der Waals surface area (Å²) in [5, 5.41) is 16.0. The third-order valence-corrected chi connectivity index (χ3v) is 4.94. The summed E-state index contributed by atoms with van der Waals surface area (Å²) in [7, 11) is 0. The van der Waals surface area contributed by atoms with Crippen molar-refractivity contribution in [2.45, 2.75) is 56.7 Å². The maximum atomic E-state index is 12.9. The monoisotopic (exact) mass is 478 g/mol. The number of aliphatic carboxylic acids is 1. The molecule has 0 saturated carbocycles. The average Bonchev–Trinajstić information content (AvgIpc) is 2.79. The number of hydrogen-bond acceptors (Lipinski definition) is 7. The summed E-state index contributed by atoms with van der Waals surface area (Å²) in [6, 6.07) is 6.02. The van der Waals surface area contributed by atoms with E-state index < -0.39 is 54.3 Å². The topological polar surface area (TPSA) is 220 Å². The summed E-state index contributed by atoms with van der Waals surface area (Å²) in [6.45, 7) is -0.262. The molecule has 3 unspecified atom stereocenters. The molecule has 0 bridgehead atoms. The molecule has 0 radical (unpaired) electrons. The molecule has 0 aliphatic heterocycles. The van der Waals surface area contributed by atoms with Gasteiger partial charge in [0.15, 0.2) is 0 Å². The predicted molar refractivity (Wildman–Crippen MR) is 124 cm³/mol. The number of hydrogen-bond donors (Lipinski definition) is 7. The van der Waals surface area contributed by atoms with E-state index in [1.165, 1.54) is 0 Å². The fraction of sp³-hybridized carbons (Fsp3) is 0.500. The van der Waals surface area contributed by atoms with Gasteiger partial charge in [0.25, 0.3) is 0 Å². The summed E-state index contributed by atoms with van der Waals surface area (Å²) in [5.41, 5.74) is 17.5. The van der Waals surface area contributed by atoms with Gasteiger partial charge in [-0.15, -0.1) is 0 Å². The summed E-state index contributed by atoms with van der Waals surface area (Å²) in [5.74, 6) is -3.96. The second-order valence-corrected chi connectivity index (χ2v) is 7.82. The lowest BCUT2D eigenvalue weighted by atomic mass is 10.0. The Balaban J connectivity index is 2.88. The summed E-state index contributed by atoms with van der Waals surface area (Å²) < 4.78 is 0. The number of unbranched alkanes of at least 4 members (excludes halogenated alkanes) is 1. The van der Waals surface area contributed by atoms with Crippen molar-refractivity contribution < 1.29 is 29.1 Å². The van der Waals surface area contributed by atoms with E-state index in [9.17, 15) is 24.0 Å². The highest BCUT2D eigenvalue weighted by Crippen LogP contribution is 2.06. The SMILES string of the molecule is NCCCCC(NC(=O)C(N)Cc1ccccc1)C(=O)NC(CCC(N)=O)C(=O)NCC(=O)O. The molecule has 0 heterocycles. The molecule has 1 aromatic carbocycles. The maximum absolute atomic E-state index is 12.9. The van der Waals surface area contributed by atoms with Crippen LogP contribution in [-0.2, 0) is 30.4 Å². The molecule has 0 aliphatic carbocycles. The maximum Gasteiger partial charge on any atom is 0.322 e. The fourth-order valence-corrected chi connectivity index (χ4v) is 3.11. The number of benzene rings is 1. The van der Waals surface area contributed by atoms with Gasteiger partial charge in [0.2, 0.25) is 23.6 Å². The number of carboxylic acids is 1. The highest BCUT2D eigenvalue weighted by Gasteiger charge is 2.28. The van der Waals surface area contributed by atoms with Gasteiger partial charge < -0.3 is 38.3 Å². The van der Waals surface area contributed by atoms with Crippen molar-refractivity contribution in [3.8, 4) is 0 Å². The van der Waals surface area contributed by atoms with Crippen molar-refractivity contribution in [3.63, 3.8) is 0 Å². The number of primary amides is 1. The second-order valence-electron chi connectivity index (χ2n) is 7.82. The average molecular weight is 479 g/mol. The highest BCUT2D eigenvalue weighted by atomic mass is 16.4. The smallest absolute Gasteiger partial charge is 0.322 e. The van der Waals surface area contributed by atoms with Crippen LogP contribution in [0.2, 0.25) is 0 Å². The Labute approximate surface area is 198 Å². The third-order valence-electron chi connectivity index (χ3n) is 4.94. The van der Waals surface area contributed by atoms with Crippen LogP contribution in [0.3, 0.4) is 0 Å². The molecule has 0 aromatic heterocycles. The first-order valence-corrected chi connectivity index (χ1v) is 11.0. The van der Waals surface area contributed by atoms with Gasteiger partial charge in [0.1, 0.15) is 18.6 Å². The Hall–Kier alpha value is -3.51. The van der Waals surface area contributed by atoms with E-state index in [4.69, 9.17) is 22.3 Å². The Kier molecular flexibility index (Phi) is 12.9. The lowest BCUT2D eigenvalue weighted by molar-refractivity contribution is -0.138. The van der Waals surface area contributed by atoms with Crippen LogP contribution >= 0.6 is 0 Å². The molecule has 34 heavy (non-hydrogen) atoms. The normalized spacial score (nSPS) is 13.2. The molecule has 0 fully saturated rings. The van der Waals surface area contributed by atoms with Crippen LogP contribution in [0.15, 0.2) is 30.3 Å². The highest BCUT2D eigenvalue weighted by molar-refractivity contribution is 5.94. The van der Waals surface area contributed by atoms with Gasteiger partial charge in [-0.25, -0.2) is 0 Å². The molecular formula is C22H34N6O6. The van der Waals surface area contributed by atoms with Gasteiger partial charge in [-0.05, 0) is 44.2 Å². The van der Waals surface area contributed by atoms with Crippen molar-refractivity contribution in [1.29, 1.82) is 0 Å². The minimum Gasteiger partial charge on any atom is -0.480 e. The first-order chi connectivity index (χ1) is 16.1. The van der Waals surface area contributed by atoms with E-state index in [-0.39, 0.29) is 25.7 Å². The second kappa shape index (κ2) is 15.3. The summed E-state index contributed by atoms with van der Waals surface area (Å²) >= 11 is 0. The molecule has 0 spiro atoms. The molecule has 12 nitrogen and oxygen atoms in total. The van der Waals surface area contributed by atoms with Crippen LogP contribution in [0.25, 0.3) is 0 Å². The molecule has 0 saturated heterocycles. The van der Waals surface area contributed by atoms with Gasteiger partial charge in [-0.2, -0.15) is 0 Å². The summed E-state index contributed by atoms with van der Waals surface area (Å²) in [6.07, 6.45) is 1.30. The van der Waals surface area contributed by atoms with Crippen LogP contribution in [0.5, 0.6) is 0 Å². The zero-order valence-electron chi connectivity index (χ0n) is 19.0. The fourth-order valence-electron chi connectivity index (χ4n) is 3.11. The van der Waals surface area contributed by atoms with Crippen molar-refractivity contribution in [2.24, 2.45) is 17.2 Å².